The summed E-state index contributed by atoms with van der Waals surface area (Å²) in [4.78, 5) is 11.7. The SMILES string of the molecule is CCNC(=O)c1ccc(S(=O)(=O)NC(C)C)cc1. The standard InChI is InChI=1S/C12H18N2O3S/c1-4-13-12(15)10-5-7-11(8-6-10)18(16,17)14-9(2)3/h5-9,14H,4H2,1-3H3,(H,13,15). The van der Waals surface area contributed by atoms with E-state index in [0.29, 0.717) is 12.1 Å². The van der Waals surface area contributed by atoms with Gasteiger partial charge in [0.15, 0.2) is 0 Å². The number of carbonyl (C=O) groups is 1. The molecule has 1 aromatic rings. The molecule has 0 unspecified atom stereocenters. The molecule has 0 spiro atoms. The molecule has 0 fully saturated rings. The highest BCUT2D eigenvalue weighted by Gasteiger charge is 2.15. The lowest BCUT2D eigenvalue weighted by atomic mass is 10.2. The normalized spacial score (nSPS) is 11.6. The van der Waals surface area contributed by atoms with Crippen molar-refractivity contribution in [2.24, 2.45) is 0 Å². The van der Waals surface area contributed by atoms with Gasteiger partial charge in [-0.15, -0.1) is 0 Å². The van der Waals surface area contributed by atoms with E-state index in [9.17, 15) is 13.2 Å². The smallest absolute Gasteiger partial charge is 0.251 e. The van der Waals surface area contributed by atoms with Crippen molar-refractivity contribution < 1.29 is 13.2 Å². The van der Waals surface area contributed by atoms with Crippen LogP contribution < -0.4 is 10.0 Å². The Morgan fingerprint density at radius 3 is 2.22 bits per heavy atom. The number of rotatable bonds is 5. The molecule has 0 aliphatic heterocycles. The zero-order valence-corrected chi connectivity index (χ0v) is 11.5. The van der Waals surface area contributed by atoms with Crippen molar-refractivity contribution in [3.63, 3.8) is 0 Å². The van der Waals surface area contributed by atoms with Gasteiger partial charge >= 0.3 is 0 Å². The van der Waals surface area contributed by atoms with Gasteiger partial charge in [0.1, 0.15) is 0 Å². The third kappa shape index (κ3) is 3.82. The first kappa shape index (κ1) is 14.7. The minimum Gasteiger partial charge on any atom is -0.352 e. The van der Waals surface area contributed by atoms with Crippen LogP contribution in [0.2, 0.25) is 0 Å². The summed E-state index contributed by atoms with van der Waals surface area (Å²) < 4.78 is 26.2. The summed E-state index contributed by atoms with van der Waals surface area (Å²) in [5.74, 6) is -0.210. The van der Waals surface area contributed by atoms with Crippen LogP contribution in [0.4, 0.5) is 0 Å². The van der Waals surface area contributed by atoms with Gasteiger partial charge in [0.2, 0.25) is 10.0 Å². The molecule has 1 aromatic carbocycles. The lowest BCUT2D eigenvalue weighted by molar-refractivity contribution is 0.0955. The van der Waals surface area contributed by atoms with Gasteiger partial charge in [-0.2, -0.15) is 0 Å². The highest BCUT2D eigenvalue weighted by molar-refractivity contribution is 7.89. The van der Waals surface area contributed by atoms with Gasteiger partial charge in [-0.05, 0) is 45.0 Å². The molecule has 0 heterocycles. The number of benzene rings is 1. The fourth-order valence-corrected chi connectivity index (χ4v) is 2.68. The molecule has 0 aliphatic rings. The summed E-state index contributed by atoms with van der Waals surface area (Å²) in [7, 11) is -3.50. The molecule has 18 heavy (non-hydrogen) atoms. The van der Waals surface area contributed by atoms with Crippen LogP contribution in [-0.2, 0) is 10.0 Å². The molecule has 0 aromatic heterocycles. The maximum Gasteiger partial charge on any atom is 0.251 e. The largest absolute Gasteiger partial charge is 0.352 e. The molecule has 0 atom stereocenters. The quantitative estimate of drug-likeness (QED) is 0.842. The second-order valence-corrected chi connectivity index (χ2v) is 5.87. The van der Waals surface area contributed by atoms with E-state index in [1.54, 1.807) is 13.8 Å². The van der Waals surface area contributed by atoms with Gasteiger partial charge in [0.25, 0.3) is 5.91 Å². The Labute approximate surface area is 108 Å². The number of sulfonamides is 1. The molecule has 0 saturated carbocycles. The van der Waals surface area contributed by atoms with Crippen molar-refractivity contribution >= 4 is 15.9 Å². The van der Waals surface area contributed by atoms with Crippen LogP contribution in [0, 0.1) is 0 Å². The first-order chi connectivity index (χ1) is 8.36. The van der Waals surface area contributed by atoms with Gasteiger partial charge in [-0.1, -0.05) is 0 Å². The molecule has 0 aliphatic carbocycles. The summed E-state index contributed by atoms with van der Waals surface area (Å²) in [5.41, 5.74) is 0.445. The number of carbonyl (C=O) groups excluding carboxylic acids is 1. The minimum atomic E-state index is -3.50. The van der Waals surface area contributed by atoms with Crippen molar-refractivity contribution in [3.05, 3.63) is 29.8 Å². The molecule has 6 heteroatoms. The molecular formula is C12H18N2O3S. The van der Waals surface area contributed by atoms with E-state index < -0.39 is 10.0 Å². The van der Waals surface area contributed by atoms with Gasteiger partial charge in [0, 0.05) is 18.2 Å². The van der Waals surface area contributed by atoms with Crippen LogP contribution in [0.15, 0.2) is 29.2 Å². The van der Waals surface area contributed by atoms with Crippen LogP contribution in [0.1, 0.15) is 31.1 Å². The Bertz CT molecular complexity index is 507. The fourth-order valence-electron chi connectivity index (χ4n) is 1.43. The third-order valence-corrected chi connectivity index (χ3v) is 3.83. The van der Waals surface area contributed by atoms with Crippen LogP contribution in [0.3, 0.4) is 0 Å². The van der Waals surface area contributed by atoms with Crippen molar-refractivity contribution in [3.8, 4) is 0 Å². The average Bonchev–Trinajstić information content (AvgIpc) is 2.28. The molecule has 1 amide bonds. The highest BCUT2D eigenvalue weighted by atomic mass is 32.2. The fraction of sp³-hybridized carbons (Fsp3) is 0.417. The van der Waals surface area contributed by atoms with Gasteiger partial charge in [-0.3, -0.25) is 4.79 Å². The lowest BCUT2D eigenvalue weighted by Gasteiger charge is -2.10. The highest BCUT2D eigenvalue weighted by Crippen LogP contribution is 2.11. The second-order valence-electron chi connectivity index (χ2n) is 4.16. The molecule has 0 radical (unpaired) electrons. The van der Waals surface area contributed by atoms with Crippen molar-refractivity contribution in [2.75, 3.05) is 6.54 Å². The second kappa shape index (κ2) is 5.97. The zero-order chi connectivity index (χ0) is 13.8. The molecule has 2 N–H and O–H groups in total. The van der Waals surface area contributed by atoms with Crippen LogP contribution in [0.5, 0.6) is 0 Å². The van der Waals surface area contributed by atoms with Crippen molar-refractivity contribution in [1.29, 1.82) is 0 Å². The van der Waals surface area contributed by atoms with Crippen LogP contribution in [-0.4, -0.2) is 26.9 Å². The van der Waals surface area contributed by atoms with Crippen LogP contribution >= 0.6 is 0 Å². The van der Waals surface area contributed by atoms with E-state index in [-0.39, 0.29) is 16.8 Å². The molecule has 100 valence electrons. The maximum absolute atomic E-state index is 11.8. The summed E-state index contributed by atoms with van der Waals surface area (Å²) >= 11 is 0. The van der Waals surface area contributed by atoms with Crippen molar-refractivity contribution in [2.45, 2.75) is 31.7 Å². The molecule has 5 nitrogen and oxygen atoms in total. The first-order valence-corrected chi connectivity index (χ1v) is 7.25. The maximum atomic E-state index is 11.8. The summed E-state index contributed by atoms with van der Waals surface area (Å²) in [5, 5.41) is 2.65. The molecule has 1 rings (SSSR count). The van der Waals surface area contributed by atoms with Crippen LogP contribution in [0.25, 0.3) is 0 Å². The number of hydrogen-bond donors (Lipinski definition) is 2. The molecule has 0 saturated heterocycles. The summed E-state index contributed by atoms with van der Waals surface area (Å²) in [6.07, 6.45) is 0. The monoisotopic (exact) mass is 270 g/mol. The Balaban J connectivity index is 2.92. The average molecular weight is 270 g/mol. The Morgan fingerprint density at radius 2 is 1.78 bits per heavy atom. The zero-order valence-electron chi connectivity index (χ0n) is 10.7. The van der Waals surface area contributed by atoms with Gasteiger partial charge < -0.3 is 5.32 Å². The first-order valence-electron chi connectivity index (χ1n) is 5.77. The summed E-state index contributed by atoms with van der Waals surface area (Å²) in [6.45, 7) is 5.86. The Kier molecular flexibility index (Phi) is 4.86. The topological polar surface area (TPSA) is 75.3 Å². The summed E-state index contributed by atoms with van der Waals surface area (Å²) in [6, 6.07) is 5.68. The predicted octanol–water partition coefficient (Wildman–Crippen LogP) is 1.12. The predicted molar refractivity (Wildman–Crippen MR) is 69.9 cm³/mol. The lowest BCUT2D eigenvalue weighted by Crippen LogP contribution is -2.30. The minimum absolute atomic E-state index is 0.157. The number of amides is 1. The van der Waals surface area contributed by atoms with Crippen molar-refractivity contribution in [1.82, 2.24) is 10.0 Å². The van der Waals surface area contributed by atoms with E-state index in [1.807, 2.05) is 6.92 Å². The molecular weight excluding hydrogens is 252 g/mol. The molecule has 0 bridgehead atoms. The number of hydrogen-bond acceptors (Lipinski definition) is 3. The van der Waals surface area contributed by atoms with E-state index >= 15 is 0 Å². The van der Waals surface area contributed by atoms with E-state index in [2.05, 4.69) is 10.0 Å². The number of nitrogens with one attached hydrogen (secondary N) is 2. The van der Waals surface area contributed by atoms with E-state index in [4.69, 9.17) is 0 Å². The van der Waals surface area contributed by atoms with E-state index in [0.717, 1.165) is 0 Å². The van der Waals surface area contributed by atoms with Gasteiger partial charge in [0.05, 0.1) is 4.90 Å². The third-order valence-electron chi connectivity index (χ3n) is 2.15. The van der Waals surface area contributed by atoms with Gasteiger partial charge in [-0.25, -0.2) is 13.1 Å². The Hall–Kier alpha value is -1.40. The van der Waals surface area contributed by atoms with E-state index in [1.165, 1.54) is 24.3 Å². The Morgan fingerprint density at radius 1 is 1.22 bits per heavy atom.